The highest BCUT2D eigenvalue weighted by atomic mass is 35.5. The number of hydrogen-bond donors (Lipinski definition) is 2. The fourth-order valence-corrected chi connectivity index (χ4v) is 8.60. The lowest BCUT2D eigenvalue weighted by molar-refractivity contribution is -0.121. The summed E-state index contributed by atoms with van der Waals surface area (Å²) in [5.41, 5.74) is 3.48. The van der Waals surface area contributed by atoms with Gasteiger partial charge in [0.2, 0.25) is 0 Å². The molecule has 1 aromatic heterocycles. The van der Waals surface area contributed by atoms with E-state index in [9.17, 15) is 5.11 Å². The van der Waals surface area contributed by atoms with E-state index in [4.69, 9.17) is 26.1 Å². The first kappa shape index (κ1) is 28.0. The van der Waals surface area contributed by atoms with Gasteiger partial charge in [-0.2, -0.15) is 9.97 Å². The van der Waals surface area contributed by atoms with Gasteiger partial charge in [0.1, 0.15) is 17.1 Å². The van der Waals surface area contributed by atoms with Crippen LogP contribution in [-0.4, -0.2) is 83.6 Å². The van der Waals surface area contributed by atoms with E-state index in [1.54, 1.807) is 18.2 Å². The largest absolute Gasteiger partial charge is 0.508 e. The van der Waals surface area contributed by atoms with Gasteiger partial charge in [-0.15, -0.1) is 0 Å². The molecule has 4 heterocycles. The Morgan fingerprint density at radius 2 is 1.93 bits per heavy atom. The van der Waals surface area contributed by atoms with E-state index in [0.29, 0.717) is 47.6 Å². The van der Waals surface area contributed by atoms with E-state index in [-0.39, 0.29) is 27.9 Å². The number of anilines is 1. The van der Waals surface area contributed by atoms with Crippen LogP contribution in [0.25, 0.3) is 32.8 Å². The predicted octanol–water partition coefficient (Wildman–Crippen LogP) is 5.62. The Hall–Kier alpha value is -3.24. The summed E-state index contributed by atoms with van der Waals surface area (Å²) in [7, 11) is 0. The summed E-state index contributed by atoms with van der Waals surface area (Å²) < 4.78 is 29.0. The summed E-state index contributed by atoms with van der Waals surface area (Å²) in [4.78, 5) is 14.3. The molecule has 4 unspecified atom stereocenters. The number of nitrogens with one attached hydrogen (secondary N) is 1. The molecule has 4 fully saturated rings. The van der Waals surface area contributed by atoms with Crippen molar-refractivity contribution in [3.8, 4) is 22.9 Å². The molecule has 1 saturated carbocycles. The molecule has 2 aliphatic carbocycles. The van der Waals surface area contributed by atoms with Crippen molar-refractivity contribution in [2.45, 2.75) is 69.2 Å². The number of aryl methyl sites for hydroxylation is 2. The van der Waals surface area contributed by atoms with Crippen molar-refractivity contribution in [1.82, 2.24) is 20.2 Å². The summed E-state index contributed by atoms with van der Waals surface area (Å²) in [6.45, 7) is 4.67. The van der Waals surface area contributed by atoms with E-state index in [1.165, 1.54) is 17.5 Å². The molecular weight excluding hydrogens is 593 g/mol. The number of hydrogen-bond acceptors (Lipinski definition) is 8. The van der Waals surface area contributed by atoms with Gasteiger partial charge in [0.05, 0.1) is 24.3 Å². The van der Waals surface area contributed by atoms with Crippen LogP contribution in [0.1, 0.15) is 43.2 Å². The lowest BCUT2D eigenvalue weighted by Crippen LogP contribution is -2.57. The van der Waals surface area contributed by atoms with Crippen molar-refractivity contribution >= 4 is 39.1 Å². The van der Waals surface area contributed by atoms with Crippen LogP contribution in [0.2, 0.25) is 5.02 Å². The zero-order valence-electron chi connectivity index (χ0n) is 25.2. The smallest absolute Gasteiger partial charge is 0.319 e. The summed E-state index contributed by atoms with van der Waals surface area (Å²) >= 11 is 6.98. The molecule has 234 valence electrons. The van der Waals surface area contributed by atoms with Crippen LogP contribution in [-0.2, 0) is 17.6 Å². The minimum atomic E-state index is -0.516. The Morgan fingerprint density at radius 1 is 1.07 bits per heavy atom. The first-order valence-electron chi connectivity index (χ1n) is 16.5. The highest BCUT2D eigenvalue weighted by Gasteiger charge is 2.39. The number of aromatic nitrogens is 2. The second kappa shape index (κ2) is 10.9. The zero-order valence-corrected chi connectivity index (χ0v) is 26.0. The molecule has 2 bridgehead atoms. The van der Waals surface area contributed by atoms with Gasteiger partial charge < -0.3 is 24.8 Å². The third-order valence-electron chi connectivity index (χ3n) is 10.8. The van der Waals surface area contributed by atoms with E-state index >= 15 is 4.39 Å². The maximum absolute atomic E-state index is 17.0. The molecule has 9 rings (SSSR count). The third kappa shape index (κ3) is 4.73. The van der Waals surface area contributed by atoms with E-state index in [0.717, 1.165) is 82.1 Å². The van der Waals surface area contributed by atoms with Crippen LogP contribution in [0.5, 0.6) is 11.8 Å². The Morgan fingerprint density at radius 3 is 2.71 bits per heavy atom. The van der Waals surface area contributed by atoms with Crippen LogP contribution in [0.4, 0.5) is 10.2 Å². The number of benzene rings is 3. The first-order valence-corrected chi connectivity index (χ1v) is 16.8. The fraction of sp³-hybridized carbons (Fsp3) is 0.486. The van der Waals surface area contributed by atoms with Crippen LogP contribution < -0.4 is 15.0 Å². The normalized spacial score (nSPS) is 25.6. The number of phenolic OH excluding ortho intramolecular Hbond substituents is 1. The van der Waals surface area contributed by atoms with Gasteiger partial charge in [-0.25, -0.2) is 4.39 Å². The van der Waals surface area contributed by atoms with E-state index in [1.807, 2.05) is 6.07 Å². The van der Waals surface area contributed by atoms with Crippen LogP contribution in [0.3, 0.4) is 0 Å². The molecule has 3 aromatic carbocycles. The molecular formula is C35H37ClFN5O3. The number of fused-ring (bicyclic) bond motifs is 7. The van der Waals surface area contributed by atoms with Gasteiger partial charge >= 0.3 is 6.01 Å². The second-order valence-corrected chi connectivity index (χ2v) is 13.8. The molecule has 8 nitrogen and oxygen atoms in total. The van der Waals surface area contributed by atoms with Gasteiger partial charge in [0, 0.05) is 55.3 Å². The number of aromatic hydroxyl groups is 1. The van der Waals surface area contributed by atoms with Gasteiger partial charge in [0.25, 0.3) is 0 Å². The summed E-state index contributed by atoms with van der Waals surface area (Å²) in [5, 5.41) is 17.0. The number of ether oxygens (including phenoxy) is 2. The van der Waals surface area contributed by atoms with Crippen molar-refractivity contribution in [1.29, 1.82) is 0 Å². The summed E-state index contributed by atoms with van der Waals surface area (Å²) in [6, 6.07) is 10.7. The minimum absolute atomic E-state index is 0.0736. The highest BCUT2D eigenvalue weighted by Crippen LogP contribution is 2.45. The number of morpholine rings is 1. The number of phenols is 1. The van der Waals surface area contributed by atoms with Crippen molar-refractivity contribution in [2.24, 2.45) is 0 Å². The Labute approximate surface area is 266 Å². The highest BCUT2D eigenvalue weighted by molar-refractivity contribution is 6.35. The quantitative estimate of drug-likeness (QED) is 0.255. The molecule has 4 aromatic rings. The SMILES string of the molecule is Oc1cc(-c2c(Cl)cc3c(N4CC5CCC(C4)N5)nc(OCCCN4CCOC5CCC54)nc3c2F)c2c3c(ccc2c1)CC3. The Bertz CT molecular complexity index is 1830. The maximum atomic E-state index is 17.0. The van der Waals surface area contributed by atoms with Crippen LogP contribution in [0, 0.1) is 5.82 Å². The molecule has 0 radical (unpaired) electrons. The Kier molecular flexibility index (Phi) is 6.81. The first-order chi connectivity index (χ1) is 22.0. The minimum Gasteiger partial charge on any atom is -0.508 e. The molecule has 2 N–H and O–H groups in total. The van der Waals surface area contributed by atoms with E-state index < -0.39 is 5.82 Å². The number of piperazine rings is 1. The van der Waals surface area contributed by atoms with Crippen molar-refractivity contribution < 1.29 is 19.0 Å². The molecule has 4 atom stereocenters. The van der Waals surface area contributed by atoms with Crippen LogP contribution >= 0.6 is 11.6 Å². The molecule has 0 spiro atoms. The number of halogens is 2. The van der Waals surface area contributed by atoms with Crippen molar-refractivity contribution in [2.75, 3.05) is 44.3 Å². The van der Waals surface area contributed by atoms with Crippen molar-refractivity contribution in [3.63, 3.8) is 0 Å². The maximum Gasteiger partial charge on any atom is 0.319 e. The molecule has 45 heavy (non-hydrogen) atoms. The van der Waals surface area contributed by atoms with Gasteiger partial charge in [-0.3, -0.25) is 4.90 Å². The summed E-state index contributed by atoms with van der Waals surface area (Å²) in [6.07, 6.45) is 7.69. The molecule has 10 heteroatoms. The second-order valence-electron chi connectivity index (χ2n) is 13.4. The standard InChI is InChI=1S/C35H37ClFN5O3/c36-27-16-26-33(32(37)31(27)25-15-23(43)14-20-3-2-19-4-7-24(19)30(20)25)39-35(40-34(26)42-17-21-5-6-22(18-42)38-21)45-12-1-10-41-11-13-44-29-9-8-28(29)41/h2-3,14-16,21-22,28-29,38,43H,1,4-13,17-18H2. The fourth-order valence-electron chi connectivity index (χ4n) is 8.31. The molecule has 3 aliphatic heterocycles. The molecule has 5 aliphatic rings. The van der Waals surface area contributed by atoms with Crippen molar-refractivity contribution in [3.05, 3.63) is 52.3 Å². The number of rotatable bonds is 7. The van der Waals surface area contributed by atoms with Gasteiger partial charge in [0.15, 0.2) is 5.82 Å². The Balaban J connectivity index is 1.11. The zero-order chi connectivity index (χ0) is 30.2. The van der Waals surface area contributed by atoms with Crippen LogP contribution in [0.15, 0.2) is 30.3 Å². The lowest BCUT2D eigenvalue weighted by Gasteiger charge is -2.48. The monoisotopic (exact) mass is 629 g/mol. The predicted molar refractivity (Wildman–Crippen MR) is 173 cm³/mol. The average molecular weight is 630 g/mol. The van der Waals surface area contributed by atoms with E-state index in [2.05, 4.69) is 26.2 Å². The topological polar surface area (TPSA) is 83.0 Å². The molecule has 3 saturated heterocycles. The average Bonchev–Trinajstić information content (AvgIpc) is 3.33. The lowest BCUT2D eigenvalue weighted by atomic mass is 9.81. The van der Waals surface area contributed by atoms with Gasteiger partial charge in [-0.1, -0.05) is 23.7 Å². The van der Waals surface area contributed by atoms with Gasteiger partial charge in [-0.05, 0) is 90.6 Å². The molecule has 0 amide bonds. The summed E-state index contributed by atoms with van der Waals surface area (Å²) in [5.74, 6) is 0.220. The third-order valence-corrected chi connectivity index (χ3v) is 11.1. The number of nitrogens with zero attached hydrogens (tertiary/aromatic N) is 4.